The average molecular weight is 630 g/mol. The number of carbonyl (C=O) groups is 3. The topological polar surface area (TPSA) is 168 Å². The number of hydrogen-bond donors (Lipinski definition) is 4. The fourth-order valence-corrected chi connectivity index (χ4v) is 5.81. The van der Waals surface area contributed by atoms with Crippen molar-refractivity contribution in [3.63, 3.8) is 0 Å². The van der Waals surface area contributed by atoms with Crippen molar-refractivity contribution >= 4 is 31.1 Å². The van der Waals surface area contributed by atoms with Crippen LogP contribution >= 0.6 is 7.60 Å². The van der Waals surface area contributed by atoms with Gasteiger partial charge < -0.3 is 29.2 Å². The summed E-state index contributed by atoms with van der Waals surface area (Å²) in [5, 5.41) is 15.7. The zero-order valence-corrected chi connectivity index (χ0v) is 26.0. The summed E-state index contributed by atoms with van der Waals surface area (Å²) in [5.41, 5.74) is 0.383. The maximum absolute atomic E-state index is 13.2. The van der Waals surface area contributed by atoms with Gasteiger partial charge in [-0.05, 0) is 62.2 Å². The second-order valence-corrected chi connectivity index (χ2v) is 11.8. The molecule has 3 amide bonds. The van der Waals surface area contributed by atoms with E-state index in [0.717, 1.165) is 19.3 Å². The highest BCUT2D eigenvalue weighted by Gasteiger charge is 2.31. The lowest BCUT2D eigenvalue weighted by atomic mass is 9.90. The van der Waals surface area contributed by atoms with Gasteiger partial charge >= 0.3 is 7.60 Å². The van der Waals surface area contributed by atoms with Crippen LogP contribution in [0.2, 0.25) is 0 Å². The number of amides is 3. The second kappa shape index (κ2) is 16.7. The molecule has 0 spiro atoms. The Kier molecular flexibility index (Phi) is 13.0. The highest BCUT2D eigenvalue weighted by molar-refractivity contribution is 7.61. The third kappa shape index (κ3) is 9.44. The van der Waals surface area contributed by atoms with E-state index in [1.54, 1.807) is 50.2 Å². The average Bonchev–Trinajstić information content (AvgIpc) is 3.51. The summed E-state index contributed by atoms with van der Waals surface area (Å²) in [5.74, 6) is -0.954. The van der Waals surface area contributed by atoms with Gasteiger partial charge in [-0.1, -0.05) is 51.3 Å². The maximum Gasteiger partial charge on any atom is 0.408 e. The lowest BCUT2D eigenvalue weighted by Gasteiger charge is -2.29. The van der Waals surface area contributed by atoms with Crippen molar-refractivity contribution in [1.29, 1.82) is 0 Å². The molecule has 4 N–H and O–H groups in total. The van der Waals surface area contributed by atoms with Crippen LogP contribution in [-0.2, 0) is 14.2 Å². The zero-order chi connectivity index (χ0) is 32.1. The van der Waals surface area contributed by atoms with E-state index in [2.05, 4.69) is 10.6 Å². The highest BCUT2D eigenvalue weighted by atomic mass is 31.2. The first-order valence-corrected chi connectivity index (χ1v) is 16.2. The molecular weight excluding hydrogens is 589 g/mol. The van der Waals surface area contributed by atoms with E-state index >= 15 is 0 Å². The van der Waals surface area contributed by atoms with Crippen molar-refractivity contribution in [1.82, 2.24) is 15.7 Å². The molecular formula is C31H40N3O9P. The first kappa shape index (κ1) is 34.4. The summed E-state index contributed by atoms with van der Waals surface area (Å²) in [4.78, 5) is 47.7. The molecule has 1 heterocycles. The maximum atomic E-state index is 13.2. The van der Waals surface area contributed by atoms with E-state index in [9.17, 15) is 29.0 Å². The molecule has 3 rings (SSSR count). The van der Waals surface area contributed by atoms with E-state index in [-0.39, 0.29) is 35.7 Å². The fraction of sp³-hybridized carbons (Fsp3) is 0.387. The molecule has 0 saturated carbocycles. The first-order valence-electron chi connectivity index (χ1n) is 14.6. The predicted molar refractivity (Wildman–Crippen MR) is 164 cm³/mol. The van der Waals surface area contributed by atoms with Gasteiger partial charge in [0.1, 0.15) is 17.3 Å². The van der Waals surface area contributed by atoms with Crippen molar-refractivity contribution < 1.29 is 42.7 Å². The monoisotopic (exact) mass is 629 g/mol. The first-order chi connectivity index (χ1) is 21.1. The van der Waals surface area contributed by atoms with Gasteiger partial charge in [0.2, 0.25) is 12.3 Å². The highest BCUT2D eigenvalue weighted by Crippen LogP contribution is 2.43. The summed E-state index contributed by atoms with van der Waals surface area (Å²) in [6, 6.07) is 15.0. The Morgan fingerprint density at radius 3 is 2.43 bits per heavy atom. The molecule has 0 aliphatic carbocycles. The molecule has 3 atom stereocenters. The minimum absolute atomic E-state index is 0.0256. The summed E-state index contributed by atoms with van der Waals surface area (Å²) < 4.78 is 29.9. The van der Waals surface area contributed by atoms with E-state index in [0.29, 0.717) is 35.8 Å². The molecule has 12 nitrogen and oxygen atoms in total. The lowest BCUT2D eigenvalue weighted by molar-refractivity contribution is -0.168. The Morgan fingerprint density at radius 1 is 1.02 bits per heavy atom. The molecule has 0 aliphatic rings. The normalized spacial score (nSPS) is 13.7. The third-order valence-corrected chi connectivity index (χ3v) is 8.28. The van der Waals surface area contributed by atoms with E-state index in [4.69, 9.17) is 13.7 Å². The van der Waals surface area contributed by atoms with Crippen LogP contribution < -0.4 is 25.2 Å². The lowest BCUT2D eigenvalue weighted by Crippen LogP contribution is -2.47. The van der Waals surface area contributed by atoms with Gasteiger partial charge in [0.05, 0.1) is 30.5 Å². The molecule has 3 aromatic rings. The van der Waals surface area contributed by atoms with Crippen LogP contribution in [0.1, 0.15) is 63.4 Å². The summed E-state index contributed by atoms with van der Waals surface area (Å²) in [6.07, 6.45) is 3.72. The molecule has 0 saturated heterocycles. The van der Waals surface area contributed by atoms with Gasteiger partial charge in [-0.25, -0.2) is 9.63 Å². The molecule has 3 unspecified atom stereocenters. The van der Waals surface area contributed by atoms with Gasteiger partial charge in [-0.15, -0.1) is 0 Å². The molecule has 2 aromatic carbocycles. The van der Waals surface area contributed by atoms with Gasteiger partial charge in [0, 0.05) is 5.56 Å². The number of rotatable bonds is 18. The van der Waals surface area contributed by atoms with Crippen molar-refractivity contribution in [2.24, 2.45) is 5.92 Å². The Bertz CT molecular complexity index is 1430. The number of benzene rings is 2. The van der Waals surface area contributed by atoms with E-state index < -0.39 is 31.4 Å². The Balaban J connectivity index is 1.71. The van der Waals surface area contributed by atoms with Crippen LogP contribution in [0.25, 0.3) is 11.3 Å². The minimum Gasteiger partial charge on any atom is -0.494 e. The molecule has 0 radical (unpaired) electrons. The summed E-state index contributed by atoms with van der Waals surface area (Å²) >= 11 is 0. The van der Waals surface area contributed by atoms with Crippen LogP contribution in [0.4, 0.5) is 0 Å². The Hall–Kier alpha value is -4.12. The third-order valence-electron chi connectivity index (χ3n) is 6.91. The number of ether oxygens (including phenoxy) is 1. The second-order valence-electron chi connectivity index (χ2n) is 10.0. The standard InChI is InChI=1S/C31H40N3O9P/c1-4-7-9-14-26(27(5-2)34(38)21-35)30(36)32-20-33-31(37)29-16-15-28(42-29)22-17-24(41-6-3)19-25(18-22)44(39,40)43-23-12-10-8-11-13-23/h8,10-13,15-19,21,26-27,38H,4-7,9,14,20H2,1-3H3,(H,32,36)(H,33,37)(H,39,40). The number of hydroxylamine groups is 2. The largest absolute Gasteiger partial charge is 0.494 e. The quantitative estimate of drug-likeness (QED) is 0.0384. The van der Waals surface area contributed by atoms with Crippen molar-refractivity contribution in [2.45, 2.75) is 58.9 Å². The molecule has 0 aliphatic heterocycles. The van der Waals surface area contributed by atoms with Gasteiger partial charge in [0.15, 0.2) is 5.76 Å². The smallest absolute Gasteiger partial charge is 0.408 e. The number of carbonyl (C=O) groups excluding carboxylic acids is 3. The van der Waals surface area contributed by atoms with Gasteiger partial charge in [0.25, 0.3) is 5.91 Å². The van der Waals surface area contributed by atoms with Crippen molar-refractivity contribution in [2.75, 3.05) is 13.3 Å². The van der Waals surface area contributed by atoms with Crippen molar-refractivity contribution in [3.05, 3.63) is 66.4 Å². The van der Waals surface area contributed by atoms with Gasteiger partial charge in [-0.2, -0.15) is 0 Å². The number of para-hydroxylation sites is 1. The number of nitrogens with zero attached hydrogens (tertiary/aromatic N) is 1. The van der Waals surface area contributed by atoms with Crippen LogP contribution in [0.5, 0.6) is 11.5 Å². The molecule has 1 aromatic heterocycles. The van der Waals surface area contributed by atoms with Crippen LogP contribution in [-0.4, -0.2) is 52.7 Å². The van der Waals surface area contributed by atoms with E-state index in [1.165, 1.54) is 24.3 Å². The Morgan fingerprint density at radius 2 is 1.77 bits per heavy atom. The number of furan rings is 1. The predicted octanol–water partition coefficient (Wildman–Crippen LogP) is 4.86. The van der Waals surface area contributed by atoms with Crippen LogP contribution in [0.3, 0.4) is 0 Å². The van der Waals surface area contributed by atoms with Gasteiger partial charge in [-0.3, -0.25) is 19.6 Å². The number of hydrogen-bond acceptors (Lipinski definition) is 8. The number of unbranched alkanes of at least 4 members (excludes halogenated alkanes) is 2. The van der Waals surface area contributed by atoms with Crippen LogP contribution in [0.15, 0.2) is 65.1 Å². The number of nitrogens with one attached hydrogen (secondary N) is 2. The molecule has 44 heavy (non-hydrogen) atoms. The minimum atomic E-state index is -4.32. The Labute approximate surface area is 256 Å². The zero-order valence-electron chi connectivity index (χ0n) is 25.1. The fourth-order valence-electron chi connectivity index (χ4n) is 4.71. The SMILES string of the molecule is CCCCCC(C(=O)NCNC(=O)c1ccc(-c2cc(OCC)cc(P(=O)(O)Oc3ccccc3)c2)o1)C(CC)N(O)C=O. The van der Waals surface area contributed by atoms with Crippen molar-refractivity contribution in [3.8, 4) is 22.8 Å². The summed E-state index contributed by atoms with van der Waals surface area (Å²) in [6.45, 7) is 5.68. The molecule has 0 fully saturated rings. The molecule has 238 valence electrons. The summed E-state index contributed by atoms with van der Waals surface area (Å²) in [7, 11) is -4.32. The van der Waals surface area contributed by atoms with Crippen LogP contribution in [0, 0.1) is 5.92 Å². The van der Waals surface area contributed by atoms with E-state index in [1.807, 2.05) is 6.92 Å². The molecule has 0 bridgehead atoms. The molecule has 13 heteroatoms.